The molecule has 0 amide bonds. The Hall–Kier alpha value is -0.830. The lowest BCUT2D eigenvalue weighted by atomic mass is 10.1. The lowest BCUT2D eigenvalue weighted by Crippen LogP contribution is -2.24. The van der Waals surface area contributed by atoms with Crippen LogP contribution in [0.4, 0.5) is 0 Å². The van der Waals surface area contributed by atoms with Gasteiger partial charge in [0.2, 0.25) is 0 Å². The number of aliphatic hydroxyl groups is 1. The fourth-order valence-corrected chi connectivity index (χ4v) is 1.11. The largest absolute Gasteiger partial charge is 0.458 e. The molecule has 3 heteroatoms. The van der Waals surface area contributed by atoms with Gasteiger partial charge in [0.15, 0.2) is 0 Å². The van der Waals surface area contributed by atoms with Crippen LogP contribution in [0.5, 0.6) is 0 Å². The van der Waals surface area contributed by atoms with E-state index in [4.69, 9.17) is 4.74 Å². The Morgan fingerprint density at radius 3 is 2.55 bits per heavy atom. The Bertz CT molecular complexity index is 186. The predicted molar refractivity (Wildman–Crippen MR) is 39.9 cm³/mol. The van der Waals surface area contributed by atoms with Gasteiger partial charge in [0.1, 0.15) is 6.10 Å². The minimum absolute atomic E-state index is 0.0149. The van der Waals surface area contributed by atoms with E-state index < -0.39 is 6.10 Å². The summed E-state index contributed by atoms with van der Waals surface area (Å²) >= 11 is 0. The number of hydrogen-bond donors (Lipinski definition) is 1. The second-order valence-electron chi connectivity index (χ2n) is 2.81. The van der Waals surface area contributed by atoms with Crippen molar-refractivity contribution in [2.45, 2.75) is 26.1 Å². The smallest absolute Gasteiger partial charge is 0.303 e. The van der Waals surface area contributed by atoms with Crippen molar-refractivity contribution in [1.29, 1.82) is 0 Å². The maximum atomic E-state index is 10.5. The lowest BCUT2D eigenvalue weighted by Gasteiger charge is -2.16. The summed E-state index contributed by atoms with van der Waals surface area (Å²) in [6.07, 6.45) is 2.65. The van der Waals surface area contributed by atoms with Crippen molar-refractivity contribution in [1.82, 2.24) is 0 Å². The van der Waals surface area contributed by atoms with Crippen molar-refractivity contribution in [3.8, 4) is 0 Å². The van der Waals surface area contributed by atoms with E-state index in [1.807, 2.05) is 6.92 Å². The van der Waals surface area contributed by atoms with Gasteiger partial charge >= 0.3 is 5.97 Å². The fraction of sp³-hybridized carbons (Fsp3) is 0.625. The van der Waals surface area contributed by atoms with E-state index in [1.54, 1.807) is 12.2 Å². The van der Waals surface area contributed by atoms with Gasteiger partial charge in [-0.3, -0.25) is 4.79 Å². The maximum Gasteiger partial charge on any atom is 0.303 e. The van der Waals surface area contributed by atoms with Crippen molar-refractivity contribution in [2.75, 3.05) is 0 Å². The van der Waals surface area contributed by atoms with E-state index >= 15 is 0 Å². The zero-order valence-electron chi connectivity index (χ0n) is 6.65. The number of rotatable bonds is 1. The summed E-state index contributed by atoms with van der Waals surface area (Å²) in [5.41, 5.74) is 0. The van der Waals surface area contributed by atoms with Gasteiger partial charge in [-0.15, -0.1) is 0 Å². The van der Waals surface area contributed by atoms with E-state index in [-0.39, 0.29) is 18.0 Å². The zero-order chi connectivity index (χ0) is 8.43. The van der Waals surface area contributed by atoms with E-state index in [0.717, 1.165) is 0 Å². The Labute approximate surface area is 65.7 Å². The first-order chi connectivity index (χ1) is 5.11. The number of ether oxygens (including phenoxy) is 1. The first kappa shape index (κ1) is 8.27. The molecule has 0 radical (unpaired) electrons. The molecule has 0 bridgehead atoms. The Morgan fingerprint density at radius 1 is 1.55 bits per heavy atom. The first-order valence-electron chi connectivity index (χ1n) is 3.65. The number of esters is 1. The van der Waals surface area contributed by atoms with Crippen molar-refractivity contribution >= 4 is 5.97 Å². The van der Waals surface area contributed by atoms with Crippen LogP contribution >= 0.6 is 0 Å². The molecule has 0 spiro atoms. The Balaban J connectivity index is 2.49. The highest BCUT2D eigenvalue weighted by molar-refractivity contribution is 5.66. The Kier molecular flexibility index (Phi) is 2.29. The molecule has 0 unspecified atom stereocenters. The summed E-state index contributed by atoms with van der Waals surface area (Å²) in [5, 5.41) is 9.20. The fourth-order valence-electron chi connectivity index (χ4n) is 1.11. The summed E-state index contributed by atoms with van der Waals surface area (Å²) in [5.74, 6) is -0.320. The van der Waals surface area contributed by atoms with Gasteiger partial charge in [-0.1, -0.05) is 13.0 Å². The van der Waals surface area contributed by atoms with Crippen molar-refractivity contribution in [3.63, 3.8) is 0 Å². The van der Waals surface area contributed by atoms with Crippen LogP contribution in [0.2, 0.25) is 0 Å². The molecule has 3 nitrogen and oxygen atoms in total. The number of carbonyl (C=O) groups is 1. The van der Waals surface area contributed by atoms with E-state index in [9.17, 15) is 9.90 Å². The van der Waals surface area contributed by atoms with Crippen LogP contribution in [-0.4, -0.2) is 23.3 Å². The molecule has 1 aliphatic carbocycles. The molecule has 0 aromatic carbocycles. The minimum atomic E-state index is -0.473. The van der Waals surface area contributed by atoms with Crippen LogP contribution in [0.25, 0.3) is 0 Å². The lowest BCUT2D eigenvalue weighted by molar-refractivity contribution is -0.146. The monoisotopic (exact) mass is 156 g/mol. The summed E-state index contributed by atoms with van der Waals surface area (Å²) < 4.78 is 4.91. The predicted octanol–water partition coefficient (Wildman–Crippen LogP) is 0.485. The standard InChI is InChI=1S/C8H12O3/c1-5-7(10)3-4-8(5)11-6(2)9/h3-5,7-8,10H,1-2H3/t5-,7+,8-/m1/s1. The molecule has 11 heavy (non-hydrogen) atoms. The molecular weight excluding hydrogens is 144 g/mol. The second-order valence-corrected chi connectivity index (χ2v) is 2.81. The third-order valence-electron chi connectivity index (χ3n) is 1.86. The molecule has 0 fully saturated rings. The highest BCUT2D eigenvalue weighted by atomic mass is 16.5. The van der Waals surface area contributed by atoms with Gasteiger partial charge in [0.25, 0.3) is 0 Å². The van der Waals surface area contributed by atoms with Crippen LogP contribution in [-0.2, 0) is 9.53 Å². The van der Waals surface area contributed by atoms with Crippen molar-refractivity contribution in [2.24, 2.45) is 5.92 Å². The SMILES string of the molecule is CC(=O)O[C@@H]1C=C[C@H](O)[C@H]1C. The van der Waals surface area contributed by atoms with Crippen LogP contribution in [0.1, 0.15) is 13.8 Å². The van der Waals surface area contributed by atoms with Crippen LogP contribution in [0, 0.1) is 5.92 Å². The van der Waals surface area contributed by atoms with Gasteiger partial charge in [-0.2, -0.15) is 0 Å². The second kappa shape index (κ2) is 3.05. The van der Waals surface area contributed by atoms with Gasteiger partial charge in [-0.25, -0.2) is 0 Å². The Morgan fingerprint density at radius 2 is 2.18 bits per heavy atom. The molecule has 0 saturated carbocycles. The quantitative estimate of drug-likeness (QED) is 0.444. The van der Waals surface area contributed by atoms with E-state index in [1.165, 1.54) is 6.92 Å². The van der Waals surface area contributed by atoms with Gasteiger partial charge in [0, 0.05) is 12.8 Å². The van der Waals surface area contributed by atoms with Crippen molar-refractivity contribution in [3.05, 3.63) is 12.2 Å². The number of carbonyl (C=O) groups excluding carboxylic acids is 1. The molecular formula is C8H12O3. The maximum absolute atomic E-state index is 10.5. The molecule has 0 aliphatic heterocycles. The number of aliphatic hydroxyl groups excluding tert-OH is 1. The zero-order valence-corrected chi connectivity index (χ0v) is 6.65. The molecule has 0 aromatic rings. The summed E-state index contributed by atoms with van der Waals surface area (Å²) in [7, 11) is 0. The van der Waals surface area contributed by atoms with Crippen LogP contribution < -0.4 is 0 Å². The van der Waals surface area contributed by atoms with Gasteiger partial charge in [0.05, 0.1) is 6.10 Å². The summed E-state index contributed by atoms with van der Waals surface area (Å²) in [6, 6.07) is 0. The third kappa shape index (κ3) is 1.80. The average molecular weight is 156 g/mol. The normalized spacial score (nSPS) is 35.7. The molecule has 3 atom stereocenters. The van der Waals surface area contributed by atoms with Gasteiger partial charge < -0.3 is 9.84 Å². The highest BCUT2D eigenvalue weighted by Crippen LogP contribution is 2.21. The molecule has 0 aromatic heterocycles. The molecule has 62 valence electrons. The molecule has 1 aliphatic rings. The van der Waals surface area contributed by atoms with Crippen molar-refractivity contribution < 1.29 is 14.6 Å². The van der Waals surface area contributed by atoms with Crippen LogP contribution in [0.15, 0.2) is 12.2 Å². The summed E-state index contributed by atoms with van der Waals surface area (Å²) in [4.78, 5) is 10.5. The van der Waals surface area contributed by atoms with Crippen LogP contribution in [0.3, 0.4) is 0 Å². The van der Waals surface area contributed by atoms with E-state index in [2.05, 4.69) is 0 Å². The highest BCUT2D eigenvalue weighted by Gasteiger charge is 2.28. The first-order valence-corrected chi connectivity index (χ1v) is 3.65. The topological polar surface area (TPSA) is 46.5 Å². The molecule has 1 rings (SSSR count). The molecule has 0 saturated heterocycles. The minimum Gasteiger partial charge on any atom is -0.458 e. The van der Waals surface area contributed by atoms with Gasteiger partial charge in [-0.05, 0) is 6.08 Å². The summed E-state index contributed by atoms with van der Waals surface area (Å²) in [6.45, 7) is 3.21. The average Bonchev–Trinajstić information content (AvgIpc) is 2.18. The molecule has 0 heterocycles. The molecule has 1 N–H and O–H groups in total. The number of hydrogen-bond acceptors (Lipinski definition) is 3. The third-order valence-corrected chi connectivity index (χ3v) is 1.86. The van der Waals surface area contributed by atoms with E-state index in [0.29, 0.717) is 0 Å².